The van der Waals surface area contributed by atoms with Gasteiger partial charge in [0.2, 0.25) is 0 Å². The van der Waals surface area contributed by atoms with Gasteiger partial charge in [0.1, 0.15) is 0 Å². The van der Waals surface area contributed by atoms with E-state index in [-0.39, 0.29) is 0 Å². The Morgan fingerprint density at radius 1 is 1.08 bits per heavy atom. The third kappa shape index (κ3) is 2.79. The van der Waals surface area contributed by atoms with Gasteiger partial charge in [0, 0.05) is 19.8 Å². The Kier molecular flexibility index (Phi) is 5.32. The Balaban J connectivity index is 2.55. The van der Waals surface area contributed by atoms with Crippen LogP contribution in [0.1, 0.15) is 31.7 Å². The maximum Gasteiger partial charge on any atom is 0.327 e. The smallest absolute Gasteiger partial charge is 0.327 e. The third-order valence-corrected chi connectivity index (χ3v) is 4.78. The summed E-state index contributed by atoms with van der Waals surface area (Å²) in [5.74, 6) is -1.07. The van der Waals surface area contributed by atoms with Crippen molar-refractivity contribution in [3.8, 4) is 0 Å². The van der Waals surface area contributed by atoms with Crippen LogP contribution in [0.25, 0.3) is 5.57 Å². The minimum atomic E-state index is -1.31. The van der Waals surface area contributed by atoms with Gasteiger partial charge in [0.05, 0.1) is 14.2 Å². The summed E-state index contributed by atoms with van der Waals surface area (Å²) in [4.78, 5) is 27.0. The molecule has 2 rings (SSSR count). The maximum atomic E-state index is 12.5. The van der Waals surface area contributed by atoms with E-state index in [1.54, 1.807) is 0 Å². The van der Waals surface area contributed by atoms with Gasteiger partial charge in [-0.3, -0.25) is 9.59 Å². The van der Waals surface area contributed by atoms with Gasteiger partial charge in [0.15, 0.2) is 5.41 Å². The van der Waals surface area contributed by atoms with E-state index in [2.05, 4.69) is 0 Å². The zero-order chi connectivity index (χ0) is 17.9. The number of allylic oxidation sites excluding steroid dienone is 1. The summed E-state index contributed by atoms with van der Waals surface area (Å²) in [6, 6.07) is 8.13. The summed E-state index contributed by atoms with van der Waals surface area (Å²) in [5.41, 5.74) is 2.67. The summed E-state index contributed by atoms with van der Waals surface area (Å²) >= 11 is 0. The molecule has 0 unspecified atom stereocenters. The summed E-state index contributed by atoms with van der Waals surface area (Å²) in [6.07, 6.45) is 1.63. The van der Waals surface area contributed by atoms with Crippen molar-refractivity contribution in [3.05, 3.63) is 35.4 Å². The number of carbonyl (C=O) groups is 2. The molecule has 5 nitrogen and oxygen atoms in total. The first kappa shape index (κ1) is 18.0. The highest BCUT2D eigenvalue weighted by molar-refractivity contribution is 6.06. The summed E-state index contributed by atoms with van der Waals surface area (Å²) in [6.45, 7) is 1.95. The lowest BCUT2D eigenvalue weighted by Gasteiger charge is -2.26. The van der Waals surface area contributed by atoms with Gasteiger partial charge in [-0.05, 0) is 48.1 Å². The highest BCUT2D eigenvalue weighted by Gasteiger charge is 2.54. The predicted octanol–water partition coefficient (Wildman–Crippen LogP) is 3.04. The zero-order valence-electron chi connectivity index (χ0n) is 15.0. The molecular formula is C19H25NO4. The second-order valence-corrected chi connectivity index (χ2v) is 6.14. The molecule has 0 radical (unpaired) electrons. The normalized spacial score (nSPS) is 16.0. The van der Waals surface area contributed by atoms with Gasteiger partial charge in [-0.2, -0.15) is 0 Å². The average Bonchev–Trinajstić information content (AvgIpc) is 3.00. The molecule has 1 aromatic carbocycles. The summed E-state index contributed by atoms with van der Waals surface area (Å²) in [7, 11) is 6.59. The van der Waals surface area contributed by atoms with Crippen molar-refractivity contribution >= 4 is 23.2 Å². The Morgan fingerprint density at radius 2 is 1.62 bits per heavy atom. The molecule has 0 aromatic heterocycles. The summed E-state index contributed by atoms with van der Waals surface area (Å²) in [5, 5.41) is 0. The molecule has 24 heavy (non-hydrogen) atoms. The molecule has 0 aliphatic heterocycles. The number of methoxy groups -OCH3 is 2. The minimum absolute atomic E-state index is 0.389. The maximum absolute atomic E-state index is 12.5. The lowest BCUT2D eigenvalue weighted by molar-refractivity contribution is -0.165. The fourth-order valence-electron chi connectivity index (χ4n) is 3.55. The van der Waals surface area contributed by atoms with E-state index in [0.29, 0.717) is 19.3 Å². The second kappa shape index (κ2) is 7.07. The van der Waals surface area contributed by atoms with Gasteiger partial charge in [-0.15, -0.1) is 0 Å². The highest BCUT2D eigenvalue weighted by Crippen LogP contribution is 2.50. The average molecular weight is 331 g/mol. The van der Waals surface area contributed by atoms with Crippen LogP contribution in [-0.2, 0) is 19.1 Å². The van der Waals surface area contributed by atoms with Gasteiger partial charge in [0.25, 0.3) is 0 Å². The van der Waals surface area contributed by atoms with Crippen molar-refractivity contribution in [1.29, 1.82) is 0 Å². The number of ether oxygens (including phenoxy) is 2. The van der Waals surface area contributed by atoms with E-state index < -0.39 is 17.4 Å². The molecule has 1 aliphatic carbocycles. The van der Waals surface area contributed by atoms with Gasteiger partial charge >= 0.3 is 11.9 Å². The minimum Gasteiger partial charge on any atom is -0.468 e. The van der Waals surface area contributed by atoms with Crippen molar-refractivity contribution in [2.75, 3.05) is 33.2 Å². The van der Waals surface area contributed by atoms with E-state index in [1.165, 1.54) is 14.2 Å². The van der Waals surface area contributed by atoms with Crippen LogP contribution in [0, 0.1) is 5.41 Å². The van der Waals surface area contributed by atoms with E-state index in [1.807, 2.05) is 50.2 Å². The number of benzene rings is 1. The molecule has 0 heterocycles. The van der Waals surface area contributed by atoms with Crippen LogP contribution in [0.3, 0.4) is 0 Å². The third-order valence-electron chi connectivity index (χ3n) is 4.78. The van der Waals surface area contributed by atoms with Gasteiger partial charge in [-0.25, -0.2) is 0 Å². The van der Waals surface area contributed by atoms with Crippen molar-refractivity contribution in [2.24, 2.45) is 5.41 Å². The number of rotatable bonds is 5. The fraction of sp³-hybridized carbons (Fsp3) is 0.474. The number of hydrogen-bond acceptors (Lipinski definition) is 5. The molecule has 5 heteroatoms. The van der Waals surface area contributed by atoms with Crippen LogP contribution in [0.4, 0.5) is 5.69 Å². The molecule has 0 bridgehead atoms. The van der Waals surface area contributed by atoms with Crippen molar-refractivity contribution < 1.29 is 19.1 Å². The van der Waals surface area contributed by atoms with Crippen LogP contribution < -0.4 is 4.90 Å². The molecule has 0 atom stereocenters. The van der Waals surface area contributed by atoms with Crippen LogP contribution in [-0.4, -0.2) is 40.3 Å². The SMILES string of the molecule is CCC1=C(c2ccc(N(C)C)cc2)CCC1(C(=O)OC)C(=O)OC. The Labute approximate surface area is 143 Å². The van der Waals surface area contributed by atoms with E-state index in [0.717, 1.165) is 22.4 Å². The Hall–Kier alpha value is -2.30. The molecule has 0 saturated heterocycles. The molecule has 0 amide bonds. The van der Waals surface area contributed by atoms with Crippen molar-refractivity contribution in [3.63, 3.8) is 0 Å². The van der Waals surface area contributed by atoms with Crippen LogP contribution in [0.5, 0.6) is 0 Å². The number of nitrogens with zero attached hydrogens (tertiary/aromatic N) is 1. The van der Waals surface area contributed by atoms with Crippen LogP contribution >= 0.6 is 0 Å². The summed E-state index contributed by atoms with van der Waals surface area (Å²) < 4.78 is 9.89. The van der Waals surface area contributed by atoms with E-state index in [4.69, 9.17) is 9.47 Å². The molecule has 0 saturated carbocycles. The topological polar surface area (TPSA) is 55.8 Å². The molecule has 1 aromatic rings. The first-order chi connectivity index (χ1) is 11.4. The zero-order valence-corrected chi connectivity index (χ0v) is 15.0. The quantitative estimate of drug-likeness (QED) is 0.613. The molecule has 1 aliphatic rings. The molecule has 130 valence electrons. The molecule has 0 spiro atoms. The van der Waals surface area contributed by atoms with Crippen molar-refractivity contribution in [1.82, 2.24) is 0 Å². The van der Waals surface area contributed by atoms with Crippen LogP contribution in [0.2, 0.25) is 0 Å². The fourth-order valence-corrected chi connectivity index (χ4v) is 3.55. The van der Waals surface area contributed by atoms with E-state index >= 15 is 0 Å². The number of hydrogen-bond donors (Lipinski definition) is 0. The first-order valence-corrected chi connectivity index (χ1v) is 8.09. The largest absolute Gasteiger partial charge is 0.468 e. The second-order valence-electron chi connectivity index (χ2n) is 6.14. The molecule has 0 fully saturated rings. The lowest BCUT2D eigenvalue weighted by Crippen LogP contribution is -2.41. The standard InChI is InChI=1S/C19H25NO4/c1-6-16-15(13-7-9-14(10-8-13)20(2)3)11-12-19(16,17(21)23-4)18(22)24-5/h7-10H,6,11-12H2,1-5H3. The molecular weight excluding hydrogens is 306 g/mol. The Bertz CT molecular complexity index is 642. The van der Waals surface area contributed by atoms with Gasteiger partial charge in [-0.1, -0.05) is 19.1 Å². The van der Waals surface area contributed by atoms with Crippen molar-refractivity contribution in [2.45, 2.75) is 26.2 Å². The predicted molar refractivity (Wildman–Crippen MR) is 93.7 cm³/mol. The monoisotopic (exact) mass is 331 g/mol. The number of esters is 2. The van der Waals surface area contributed by atoms with Crippen LogP contribution in [0.15, 0.2) is 29.8 Å². The lowest BCUT2D eigenvalue weighted by atomic mass is 9.79. The highest BCUT2D eigenvalue weighted by atomic mass is 16.5. The Morgan fingerprint density at radius 3 is 2.04 bits per heavy atom. The molecule has 0 N–H and O–H groups in total. The number of anilines is 1. The van der Waals surface area contributed by atoms with E-state index in [9.17, 15) is 9.59 Å². The number of carbonyl (C=O) groups excluding carboxylic acids is 2. The van der Waals surface area contributed by atoms with Gasteiger partial charge < -0.3 is 14.4 Å². The first-order valence-electron chi connectivity index (χ1n) is 8.09.